The molecule has 17 heavy (non-hydrogen) atoms. The number of ether oxygens (including phenoxy) is 1. The molecule has 0 radical (unpaired) electrons. The highest BCUT2D eigenvalue weighted by atomic mass is 32.1. The molecule has 0 atom stereocenters. The smallest absolute Gasteiger partial charge is 0.358 e. The lowest BCUT2D eigenvalue weighted by Crippen LogP contribution is -2.08. The molecule has 2 aromatic rings. The molecule has 0 spiro atoms. The minimum absolute atomic E-state index is 0.105. The van der Waals surface area contributed by atoms with Crippen molar-refractivity contribution >= 4 is 34.4 Å². The van der Waals surface area contributed by atoms with Crippen molar-refractivity contribution in [2.75, 3.05) is 7.11 Å². The van der Waals surface area contributed by atoms with Crippen molar-refractivity contribution in [3.63, 3.8) is 0 Å². The predicted molar refractivity (Wildman–Crippen MR) is 65.9 cm³/mol. The lowest BCUT2D eigenvalue weighted by atomic mass is 10.2. The standard InChI is InChI=1S/C11H9NO3S2/c1-6-12-8(11(14)15-2)10(17-6)9(13)7-4-3-5-16-7/h3-5H,1-2H3. The third-order valence-corrected chi connectivity index (χ3v) is 3.90. The Labute approximate surface area is 106 Å². The molecule has 0 N–H and O–H groups in total. The van der Waals surface area contributed by atoms with Crippen LogP contribution in [-0.2, 0) is 4.74 Å². The van der Waals surface area contributed by atoms with Crippen LogP contribution in [-0.4, -0.2) is 23.8 Å². The fraction of sp³-hybridized carbons (Fsp3) is 0.182. The summed E-state index contributed by atoms with van der Waals surface area (Å²) >= 11 is 2.55. The molecule has 0 unspecified atom stereocenters. The first-order valence-electron chi connectivity index (χ1n) is 4.77. The average molecular weight is 267 g/mol. The molecule has 0 aromatic carbocycles. The number of aryl methyl sites for hydroxylation is 1. The molecule has 0 aliphatic rings. The second kappa shape index (κ2) is 4.77. The molecule has 6 heteroatoms. The lowest BCUT2D eigenvalue weighted by Gasteiger charge is -1.97. The Kier molecular flexibility index (Phi) is 3.35. The summed E-state index contributed by atoms with van der Waals surface area (Å²) in [6.45, 7) is 1.75. The average Bonchev–Trinajstić information content (AvgIpc) is 2.95. The third kappa shape index (κ3) is 2.27. The van der Waals surface area contributed by atoms with Crippen LogP contribution in [0.5, 0.6) is 0 Å². The van der Waals surface area contributed by atoms with E-state index >= 15 is 0 Å². The van der Waals surface area contributed by atoms with Crippen LogP contribution in [0.4, 0.5) is 0 Å². The van der Waals surface area contributed by atoms with Crippen molar-refractivity contribution in [3.8, 4) is 0 Å². The van der Waals surface area contributed by atoms with Gasteiger partial charge in [-0.2, -0.15) is 0 Å². The van der Waals surface area contributed by atoms with Crippen LogP contribution in [0.15, 0.2) is 17.5 Å². The monoisotopic (exact) mass is 267 g/mol. The largest absolute Gasteiger partial charge is 0.464 e. The molecule has 0 fully saturated rings. The van der Waals surface area contributed by atoms with Gasteiger partial charge < -0.3 is 4.74 Å². The highest BCUT2D eigenvalue weighted by Gasteiger charge is 2.24. The van der Waals surface area contributed by atoms with E-state index in [1.54, 1.807) is 19.1 Å². The first-order valence-corrected chi connectivity index (χ1v) is 6.47. The fourth-order valence-corrected chi connectivity index (χ4v) is 2.93. The fourth-order valence-electron chi connectivity index (χ4n) is 1.34. The van der Waals surface area contributed by atoms with E-state index in [9.17, 15) is 9.59 Å². The minimum atomic E-state index is -0.575. The van der Waals surface area contributed by atoms with Gasteiger partial charge in [0.15, 0.2) is 5.69 Å². The van der Waals surface area contributed by atoms with Crippen LogP contribution in [0.25, 0.3) is 0 Å². The molecule has 0 saturated heterocycles. The molecule has 0 bridgehead atoms. The maximum Gasteiger partial charge on any atom is 0.358 e. The Bertz CT molecular complexity index is 557. The summed E-state index contributed by atoms with van der Waals surface area (Å²) < 4.78 is 4.61. The molecule has 0 saturated carbocycles. The Morgan fingerprint density at radius 2 is 2.18 bits per heavy atom. The van der Waals surface area contributed by atoms with Gasteiger partial charge in [-0.3, -0.25) is 4.79 Å². The van der Waals surface area contributed by atoms with E-state index in [4.69, 9.17) is 0 Å². The van der Waals surface area contributed by atoms with E-state index < -0.39 is 5.97 Å². The highest BCUT2D eigenvalue weighted by Crippen LogP contribution is 2.24. The van der Waals surface area contributed by atoms with Gasteiger partial charge in [-0.05, 0) is 18.4 Å². The molecule has 2 aromatic heterocycles. The Balaban J connectivity index is 2.45. The SMILES string of the molecule is COC(=O)c1nc(C)sc1C(=O)c1cccs1. The van der Waals surface area contributed by atoms with Gasteiger partial charge in [0.2, 0.25) is 5.78 Å². The Hall–Kier alpha value is -1.53. The van der Waals surface area contributed by atoms with Gasteiger partial charge in [0, 0.05) is 0 Å². The molecule has 88 valence electrons. The summed E-state index contributed by atoms with van der Waals surface area (Å²) in [4.78, 5) is 28.6. The zero-order valence-corrected chi connectivity index (χ0v) is 10.9. The number of methoxy groups -OCH3 is 1. The number of esters is 1. The van der Waals surface area contributed by atoms with E-state index in [2.05, 4.69) is 9.72 Å². The lowest BCUT2D eigenvalue weighted by molar-refractivity contribution is 0.0591. The van der Waals surface area contributed by atoms with Crippen molar-refractivity contribution in [1.29, 1.82) is 0 Å². The van der Waals surface area contributed by atoms with Crippen LogP contribution >= 0.6 is 22.7 Å². The normalized spacial score (nSPS) is 10.2. The summed E-state index contributed by atoms with van der Waals surface area (Å²) in [5.41, 5.74) is 0.105. The number of aromatic nitrogens is 1. The molecular formula is C11H9NO3S2. The topological polar surface area (TPSA) is 56.3 Å². The number of thiophene rings is 1. The molecule has 0 aliphatic carbocycles. The zero-order valence-electron chi connectivity index (χ0n) is 9.22. The van der Waals surface area contributed by atoms with Crippen molar-refractivity contribution in [2.24, 2.45) is 0 Å². The van der Waals surface area contributed by atoms with Crippen molar-refractivity contribution in [2.45, 2.75) is 6.92 Å². The van der Waals surface area contributed by atoms with Crippen LogP contribution in [0.1, 0.15) is 30.0 Å². The molecule has 0 amide bonds. The minimum Gasteiger partial charge on any atom is -0.464 e. The summed E-state index contributed by atoms with van der Waals surface area (Å²) in [7, 11) is 1.27. The number of carbonyl (C=O) groups excluding carboxylic acids is 2. The van der Waals surface area contributed by atoms with Crippen LogP contribution in [0.2, 0.25) is 0 Å². The molecule has 2 rings (SSSR count). The van der Waals surface area contributed by atoms with E-state index in [1.165, 1.54) is 29.8 Å². The number of hydrogen-bond acceptors (Lipinski definition) is 6. The van der Waals surface area contributed by atoms with Gasteiger partial charge in [-0.1, -0.05) is 6.07 Å². The molecular weight excluding hydrogens is 258 g/mol. The van der Waals surface area contributed by atoms with Crippen molar-refractivity contribution < 1.29 is 14.3 Å². The summed E-state index contributed by atoms with van der Waals surface area (Å²) in [6, 6.07) is 3.52. The predicted octanol–water partition coefficient (Wildman–Crippen LogP) is 2.53. The van der Waals surface area contributed by atoms with E-state index in [-0.39, 0.29) is 11.5 Å². The van der Waals surface area contributed by atoms with Gasteiger partial charge in [-0.15, -0.1) is 22.7 Å². The maximum atomic E-state index is 12.1. The second-order valence-electron chi connectivity index (χ2n) is 3.21. The van der Waals surface area contributed by atoms with Gasteiger partial charge >= 0.3 is 5.97 Å². The van der Waals surface area contributed by atoms with Gasteiger partial charge in [0.25, 0.3) is 0 Å². The Morgan fingerprint density at radius 1 is 1.41 bits per heavy atom. The zero-order chi connectivity index (χ0) is 12.4. The van der Waals surface area contributed by atoms with Gasteiger partial charge in [-0.25, -0.2) is 9.78 Å². The summed E-state index contributed by atoms with van der Waals surface area (Å²) in [6.07, 6.45) is 0. The van der Waals surface area contributed by atoms with E-state index in [0.29, 0.717) is 14.8 Å². The van der Waals surface area contributed by atoms with Crippen LogP contribution in [0, 0.1) is 6.92 Å². The first kappa shape index (κ1) is 11.9. The van der Waals surface area contributed by atoms with E-state index in [1.807, 2.05) is 5.38 Å². The number of carbonyl (C=O) groups is 2. The molecule has 4 nitrogen and oxygen atoms in total. The maximum absolute atomic E-state index is 12.1. The summed E-state index contributed by atoms with van der Waals surface area (Å²) in [5.74, 6) is -0.750. The van der Waals surface area contributed by atoms with Crippen molar-refractivity contribution in [3.05, 3.63) is 38.0 Å². The molecule has 2 heterocycles. The van der Waals surface area contributed by atoms with Gasteiger partial charge in [0.1, 0.15) is 4.88 Å². The van der Waals surface area contributed by atoms with Crippen LogP contribution < -0.4 is 0 Å². The highest BCUT2D eigenvalue weighted by molar-refractivity contribution is 7.16. The van der Waals surface area contributed by atoms with E-state index in [0.717, 1.165) is 0 Å². The molecule has 0 aliphatic heterocycles. The first-order chi connectivity index (χ1) is 8.13. The second-order valence-corrected chi connectivity index (χ2v) is 5.36. The number of thiazole rings is 1. The number of rotatable bonds is 3. The summed E-state index contributed by atoms with van der Waals surface area (Å²) in [5, 5.41) is 2.49. The van der Waals surface area contributed by atoms with Gasteiger partial charge in [0.05, 0.1) is 17.0 Å². The van der Waals surface area contributed by atoms with Crippen molar-refractivity contribution in [1.82, 2.24) is 4.98 Å². The number of ketones is 1. The van der Waals surface area contributed by atoms with Crippen LogP contribution in [0.3, 0.4) is 0 Å². The number of nitrogens with zero attached hydrogens (tertiary/aromatic N) is 1. The third-order valence-electron chi connectivity index (χ3n) is 2.06. The number of hydrogen-bond donors (Lipinski definition) is 0. The quantitative estimate of drug-likeness (QED) is 0.633. The Morgan fingerprint density at radius 3 is 2.76 bits per heavy atom.